The molecule has 0 saturated carbocycles. The molecule has 0 amide bonds. The van der Waals surface area contributed by atoms with Gasteiger partial charge in [0.05, 0.1) is 19.3 Å². The predicted octanol–water partition coefficient (Wildman–Crippen LogP) is 2.50. The van der Waals surface area contributed by atoms with Crippen LogP contribution in [0.1, 0.15) is 53.3 Å². The van der Waals surface area contributed by atoms with E-state index in [0.29, 0.717) is 0 Å². The number of hydrogen-bond donors (Lipinski definition) is 3. The number of ether oxygens (including phenoxy) is 2. The Hall–Kier alpha value is -1.16. The molecule has 1 saturated heterocycles. The first kappa shape index (κ1) is 35.0. The molecule has 17 heteroatoms. The van der Waals surface area contributed by atoms with Gasteiger partial charge in [-0.3, -0.25) is 23.9 Å². The highest BCUT2D eigenvalue weighted by molar-refractivity contribution is 8.13. The van der Waals surface area contributed by atoms with Gasteiger partial charge in [0.2, 0.25) is 0 Å². The molecule has 0 aliphatic carbocycles. The van der Waals surface area contributed by atoms with Gasteiger partial charge in [0.25, 0.3) is 17.3 Å². The number of alkyl halides is 2. The Balaban J connectivity index is 2.19. The molecule has 228 valence electrons. The molecular formula is C23H36ClFN3O9PS2. The number of H-pyrrole nitrogens is 1. The third kappa shape index (κ3) is 9.17. The summed E-state index contributed by atoms with van der Waals surface area (Å²) in [5, 5.41) is 10.3. The SMILES string of the molecule is Cc1cn([C@@H]2O[C@H](COP(=S)(N[C@H](C)C(=O)OC(C)C)OCCSC(=O)C(C)(C)C)[C@@H](O)[C@]2(F)Cl)c(=O)[nH]c1=O. The zero-order valence-corrected chi connectivity index (χ0v) is 26.5. The zero-order valence-electron chi connectivity index (χ0n) is 23.3. The largest absolute Gasteiger partial charge is 0.462 e. The summed E-state index contributed by atoms with van der Waals surface area (Å²) >= 11 is 12.6. The lowest BCUT2D eigenvalue weighted by atomic mass is 10.00. The number of esters is 1. The summed E-state index contributed by atoms with van der Waals surface area (Å²) in [5.74, 6) is -0.388. The van der Waals surface area contributed by atoms with Gasteiger partial charge in [-0.25, -0.2) is 14.3 Å². The standard InChI is InChI=1S/C23H36ClFN3O9PS2/c1-12(2)36-18(31)14(4)27-38(39,34-8-9-40-20(32)22(5,6)7)35-11-15-16(29)23(24,25)19(37-15)28-10-13(3)17(30)26-21(28)33/h10,12,14-16,19,29H,8-9,11H2,1-7H3,(H,27,39)(H,26,30,33)/t14-,15-,16-,19-,23-,38?/m1/s1. The number of aromatic nitrogens is 2. The van der Waals surface area contributed by atoms with Crippen LogP contribution < -0.4 is 16.3 Å². The Morgan fingerprint density at radius 2 is 1.98 bits per heavy atom. The van der Waals surface area contributed by atoms with Crippen LogP contribution in [-0.4, -0.2) is 74.2 Å². The lowest BCUT2D eigenvalue weighted by Gasteiger charge is -2.28. The summed E-state index contributed by atoms with van der Waals surface area (Å²) in [6.07, 6.45) is -4.55. The molecule has 1 fully saturated rings. The van der Waals surface area contributed by atoms with Crippen LogP contribution in [0.15, 0.2) is 15.8 Å². The van der Waals surface area contributed by atoms with Gasteiger partial charge in [-0.1, -0.05) is 44.1 Å². The number of aliphatic hydroxyl groups is 1. The molecule has 1 unspecified atom stereocenters. The van der Waals surface area contributed by atoms with Crippen LogP contribution in [0.25, 0.3) is 0 Å². The average molecular weight is 648 g/mol. The number of aryl methyl sites for hydroxylation is 1. The molecule has 12 nitrogen and oxygen atoms in total. The summed E-state index contributed by atoms with van der Waals surface area (Å²) < 4.78 is 38.4. The lowest BCUT2D eigenvalue weighted by Crippen LogP contribution is -2.42. The number of carbonyl (C=O) groups excluding carboxylic acids is 2. The molecule has 0 bridgehead atoms. The van der Waals surface area contributed by atoms with Crippen LogP contribution in [0.5, 0.6) is 0 Å². The molecule has 0 spiro atoms. The smallest absolute Gasteiger partial charge is 0.330 e. The van der Waals surface area contributed by atoms with Crippen LogP contribution in [0.3, 0.4) is 0 Å². The van der Waals surface area contributed by atoms with Gasteiger partial charge in [0, 0.05) is 22.9 Å². The van der Waals surface area contributed by atoms with Crippen molar-refractivity contribution in [3.8, 4) is 0 Å². The molecule has 0 radical (unpaired) electrons. The Morgan fingerprint density at radius 1 is 1.35 bits per heavy atom. The maximum Gasteiger partial charge on any atom is 0.330 e. The second-order valence-corrected chi connectivity index (χ2v) is 15.3. The van der Waals surface area contributed by atoms with Gasteiger partial charge in [0.1, 0.15) is 18.2 Å². The third-order valence-corrected chi connectivity index (χ3v) is 9.75. The van der Waals surface area contributed by atoms with Crippen LogP contribution in [0.4, 0.5) is 4.39 Å². The number of aromatic amines is 1. The molecule has 3 N–H and O–H groups in total. The maximum atomic E-state index is 15.4. The topological polar surface area (TPSA) is 158 Å². The minimum absolute atomic E-state index is 0.0337. The van der Waals surface area contributed by atoms with E-state index in [1.807, 2.05) is 4.98 Å². The quantitative estimate of drug-likeness (QED) is 0.132. The van der Waals surface area contributed by atoms with Gasteiger partial charge in [0.15, 0.2) is 11.3 Å². The van der Waals surface area contributed by atoms with E-state index in [1.54, 1.807) is 34.6 Å². The summed E-state index contributed by atoms with van der Waals surface area (Å²) in [6.45, 7) is 7.49. The summed E-state index contributed by atoms with van der Waals surface area (Å²) in [4.78, 5) is 50.6. The number of nitrogens with zero attached hydrogens (tertiary/aromatic N) is 1. The summed E-state index contributed by atoms with van der Waals surface area (Å²) in [6, 6.07) is -0.963. The van der Waals surface area contributed by atoms with Gasteiger partial charge < -0.3 is 23.6 Å². The van der Waals surface area contributed by atoms with Gasteiger partial charge >= 0.3 is 11.7 Å². The fourth-order valence-corrected chi connectivity index (χ4v) is 6.85. The van der Waals surface area contributed by atoms with Crippen LogP contribution in [0, 0.1) is 12.3 Å². The van der Waals surface area contributed by atoms with Crippen molar-refractivity contribution in [3.63, 3.8) is 0 Å². The van der Waals surface area contributed by atoms with E-state index in [9.17, 15) is 24.3 Å². The number of carbonyl (C=O) groups is 2. The monoisotopic (exact) mass is 647 g/mol. The molecule has 40 heavy (non-hydrogen) atoms. The lowest BCUT2D eigenvalue weighted by molar-refractivity contribution is -0.149. The van der Waals surface area contributed by atoms with Crippen molar-refractivity contribution in [2.45, 2.75) is 84.2 Å². The van der Waals surface area contributed by atoms with Crippen molar-refractivity contribution in [2.75, 3.05) is 19.0 Å². The van der Waals surface area contributed by atoms with Gasteiger partial charge in [-0.05, 0) is 39.5 Å². The highest BCUT2D eigenvalue weighted by Gasteiger charge is 2.58. The highest BCUT2D eigenvalue weighted by atomic mass is 35.5. The third-order valence-electron chi connectivity index (χ3n) is 5.43. The number of hydrogen-bond acceptors (Lipinski definition) is 11. The molecule has 1 aliphatic rings. The Bertz CT molecular complexity index is 1240. The van der Waals surface area contributed by atoms with Crippen molar-refractivity contribution in [2.24, 2.45) is 5.41 Å². The van der Waals surface area contributed by atoms with E-state index in [2.05, 4.69) is 5.09 Å². The van der Waals surface area contributed by atoms with Crippen LogP contribution >= 0.6 is 30.0 Å². The van der Waals surface area contributed by atoms with E-state index in [1.165, 1.54) is 13.8 Å². The fourth-order valence-electron chi connectivity index (χ4n) is 3.28. The first-order valence-electron chi connectivity index (χ1n) is 12.4. The van der Waals surface area contributed by atoms with Crippen molar-refractivity contribution in [1.29, 1.82) is 0 Å². The number of rotatable bonds is 12. The molecule has 1 aromatic heterocycles. The zero-order chi connectivity index (χ0) is 30.6. The van der Waals surface area contributed by atoms with Gasteiger partial charge in [-0.15, -0.1) is 0 Å². The van der Waals surface area contributed by atoms with E-state index >= 15 is 4.39 Å². The first-order chi connectivity index (χ1) is 18.3. The number of thioether (sulfide) groups is 1. The second-order valence-electron chi connectivity index (χ2n) is 10.5. The summed E-state index contributed by atoms with van der Waals surface area (Å²) in [5.41, 5.74) is -2.14. The molecule has 1 aromatic rings. The average Bonchev–Trinajstić information content (AvgIpc) is 3.05. The molecule has 0 aromatic carbocycles. The first-order valence-corrected chi connectivity index (χ1v) is 16.4. The van der Waals surface area contributed by atoms with E-state index < -0.39 is 71.6 Å². The maximum absolute atomic E-state index is 15.4. The van der Waals surface area contributed by atoms with E-state index in [0.717, 1.165) is 22.5 Å². The normalized spacial score (nSPS) is 25.5. The molecule has 2 rings (SSSR count). The van der Waals surface area contributed by atoms with Crippen LogP contribution in [0.2, 0.25) is 0 Å². The van der Waals surface area contributed by atoms with Crippen molar-refractivity contribution >= 4 is 52.9 Å². The minimum Gasteiger partial charge on any atom is -0.462 e. The second kappa shape index (κ2) is 13.9. The molecular weight excluding hydrogens is 612 g/mol. The summed E-state index contributed by atoms with van der Waals surface area (Å²) in [7, 11) is 0. The Morgan fingerprint density at radius 3 is 2.55 bits per heavy atom. The minimum atomic E-state index is -3.52. The van der Waals surface area contributed by atoms with Crippen molar-refractivity contribution < 1.29 is 37.6 Å². The number of halogens is 2. The molecule has 6 atom stereocenters. The Labute approximate surface area is 245 Å². The van der Waals surface area contributed by atoms with Gasteiger partial charge in [-0.2, -0.15) is 0 Å². The van der Waals surface area contributed by atoms with Crippen molar-refractivity contribution in [1.82, 2.24) is 14.6 Å². The number of nitrogens with one attached hydrogen (secondary N) is 2. The number of aliphatic hydroxyl groups excluding tert-OH is 1. The Kier molecular flexibility index (Phi) is 12.2. The highest BCUT2D eigenvalue weighted by Crippen LogP contribution is 2.48. The van der Waals surface area contributed by atoms with E-state index in [-0.39, 0.29) is 23.0 Å². The fraction of sp³-hybridized carbons (Fsp3) is 0.739. The molecule has 2 heterocycles. The van der Waals surface area contributed by atoms with Crippen molar-refractivity contribution in [3.05, 3.63) is 32.6 Å². The van der Waals surface area contributed by atoms with Crippen LogP contribution in [-0.2, 0) is 39.9 Å². The predicted molar refractivity (Wildman–Crippen MR) is 153 cm³/mol. The molecule has 1 aliphatic heterocycles. The van der Waals surface area contributed by atoms with E-state index in [4.69, 9.17) is 41.9 Å².